The zero-order valence-corrected chi connectivity index (χ0v) is 13.6. The van der Waals surface area contributed by atoms with Crippen molar-refractivity contribution in [3.05, 3.63) is 24.3 Å². The van der Waals surface area contributed by atoms with Gasteiger partial charge in [0.1, 0.15) is 5.75 Å². The third-order valence-corrected chi connectivity index (χ3v) is 4.72. The molecule has 1 aliphatic carbocycles. The summed E-state index contributed by atoms with van der Waals surface area (Å²) in [4.78, 5) is 12.6. The summed E-state index contributed by atoms with van der Waals surface area (Å²) in [5, 5.41) is 3.07. The van der Waals surface area contributed by atoms with Gasteiger partial charge in [-0.05, 0) is 54.9 Å². The maximum Gasteiger partial charge on any atom is 0.227 e. The molecule has 1 aromatic rings. The molecule has 2 rings (SSSR count). The number of ether oxygens (including phenoxy) is 1. The summed E-state index contributed by atoms with van der Waals surface area (Å²) in [5.41, 5.74) is 0.849. The molecule has 3 nitrogen and oxygen atoms in total. The van der Waals surface area contributed by atoms with Gasteiger partial charge in [-0.1, -0.05) is 27.2 Å². The average Bonchev–Trinajstić information content (AvgIpc) is 2.47. The third kappa shape index (κ3) is 3.99. The molecule has 0 aromatic heterocycles. The quantitative estimate of drug-likeness (QED) is 0.895. The maximum absolute atomic E-state index is 12.6. The fourth-order valence-corrected chi connectivity index (χ4v) is 3.41. The third-order valence-electron chi connectivity index (χ3n) is 4.72. The number of hydrogen-bond donors (Lipinski definition) is 1. The highest BCUT2D eigenvalue weighted by Crippen LogP contribution is 2.38. The number of benzene rings is 1. The number of amides is 1. The molecule has 21 heavy (non-hydrogen) atoms. The van der Waals surface area contributed by atoms with Gasteiger partial charge in [0.2, 0.25) is 5.91 Å². The Balaban J connectivity index is 2.05. The maximum atomic E-state index is 12.6. The van der Waals surface area contributed by atoms with Crippen molar-refractivity contribution in [3.8, 4) is 5.75 Å². The number of nitrogens with one attached hydrogen (secondary N) is 1. The van der Waals surface area contributed by atoms with Crippen LogP contribution in [0.5, 0.6) is 5.75 Å². The number of rotatable bonds is 4. The van der Waals surface area contributed by atoms with Crippen LogP contribution in [0.15, 0.2) is 24.3 Å². The van der Waals surface area contributed by atoms with Crippen LogP contribution in [0.1, 0.15) is 40.0 Å². The van der Waals surface area contributed by atoms with Crippen molar-refractivity contribution < 1.29 is 9.53 Å². The number of hydrogen-bond acceptors (Lipinski definition) is 2. The lowest BCUT2D eigenvalue weighted by molar-refractivity contribution is -0.123. The van der Waals surface area contributed by atoms with Crippen molar-refractivity contribution in [3.63, 3.8) is 0 Å². The van der Waals surface area contributed by atoms with E-state index >= 15 is 0 Å². The van der Waals surface area contributed by atoms with Gasteiger partial charge in [-0.15, -0.1) is 0 Å². The van der Waals surface area contributed by atoms with Crippen LogP contribution >= 0.6 is 0 Å². The van der Waals surface area contributed by atoms with Gasteiger partial charge in [-0.2, -0.15) is 0 Å². The molecule has 0 heterocycles. The number of carbonyl (C=O) groups excluding carboxylic acids is 1. The van der Waals surface area contributed by atoms with Gasteiger partial charge >= 0.3 is 0 Å². The molecular weight excluding hydrogens is 262 g/mol. The molecule has 3 heteroatoms. The molecule has 1 aliphatic rings. The predicted molar refractivity (Wildman–Crippen MR) is 86.5 cm³/mol. The molecule has 1 N–H and O–H groups in total. The van der Waals surface area contributed by atoms with E-state index in [2.05, 4.69) is 26.1 Å². The molecule has 116 valence electrons. The summed E-state index contributed by atoms with van der Waals surface area (Å²) in [7, 11) is 1.64. The fourth-order valence-electron chi connectivity index (χ4n) is 3.41. The van der Waals surface area contributed by atoms with Crippen molar-refractivity contribution >= 4 is 11.6 Å². The smallest absolute Gasteiger partial charge is 0.227 e. The Bertz CT molecular complexity index is 467. The first-order valence-corrected chi connectivity index (χ1v) is 7.96. The summed E-state index contributed by atoms with van der Waals surface area (Å²) in [6.07, 6.45) is 3.42. The van der Waals surface area contributed by atoms with Crippen LogP contribution in [0.4, 0.5) is 5.69 Å². The SMILES string of the molecule is COc1ccc(NC(=O)C2CC(C)CC[C@H]2C(C)C)cc1. The first kappa shape index (κ1) is 15.9. The van der Waals surface area contributed by atoms with Gasteiger partial charge in [-0.25, -0.2) is 0 Å². The highest BCUT2D eigenvalue weighted by molar-refractivity contribution is 5.92. The minimum Gasteiger partial charge on any atom is -0.497 e. The number of anilines is 1. The van der Waals surface area contributed by atoms with E-state index in [9.17, 15) is 4.79 Å². The molecule has 3 atom stereocenters. The zero-order chi connectivity index (χ0) is 15.4. The van der Waals surface area contributed by atoms with E-state index in [-0.39, 0.29) is 11.8 Å². The molecule has 0 saturated heterocycles. The Hall–Kier alpha value is -1.51. The van der Waals surface area contributed by atoms with E-state index < -0.39 is 0 Å². The topological polar surface area (TPSA) is 38.3 Å². The largest absolute Gasteiger partial charge is 0.497 e. The molecule has 1 amide bonds. The van der Waals surface area contributed by atoms with Gasteiger partial charge in [0.25, 0.3) is 0 Å². The first-order chi connectivity index (χ1) is 10.0. The van der Waals surface area contributed by atoms with Gasteiger partial charge in [0.05, 0.1) is 7.11 Å². The molecule has 2 unspecified atom stereocenters. The average molecular weight is 289 g/mol. The Kier molecular flexibility index (Phi) is 5.27. The Morgan fingerprint density at radius 2 is 1.90 bits per heavy atom. The van der Waals surface area contributed by atoms with E-state index in [0.717, 1.165) is 17.9 Å². The van der Waals surface area contributed by atoms with Gasteiger partial charge < -0.3 is 10.1 Å². The summed E-state index contributed by atoms with van der Waals surface area (Å²) in [6, 6.07) is 7.54. The van der Waals surface area contributed by atoms with Crippen molar-refractivity contribution in [2.75, 3.05) is 12.4 Å². The summed E-state index contributed by atoms with van der Waals surface area (Å²) in [6.45, 7) is 6.72. The van der Waals surface area contributed by atoms with Gasteiger partial charge in [0, 0.05) is 11.6 Å². The minimum absolute atomic E-state index is 0.135. The zero-order valence-electron chi connectivity index (χ0n) is 13.6. The molecule has 1 saturated carbocycles. The summed E-state index contributed by atoms with van der Waals surface area (Å²) >= 11 is 0. The fraction of sp³-hybridized carbons (Fsp3) is 0.611. The van der Waals surface area contributed by atoms with Gasteiger partial charge in [-0.3, -0.25) is 4.79 Å². The molecule has 0 aliphatic heterocycles. The highest BCUT2D eigenvalue weighted by atomic mass is 16.5. The first-order valence-electron chi connectivity index (χ1n) is 7.96. The summed E-state index contributed by atoms with van der Waals surface area (Å²) < 4.78 is 5.14. The monoisotopic (exact) mass is 289 g/mol. The molecule has 0 radical (unpaired) electrons. The molecule has 0 bridgehead atoms. The molecule has 1 fully saturated rings. The second kappa shape index (κ2) is 6.97. The Labute approximate surface area is 128 Å². The molecular formula is C18H27NO2. The van der Waals surface area contributed by atoms with E-state index in [1.165, 1.54) is 12.8 Å². The van der Waals surface area contributed by atoms with Crippen LogP contribution in [-0.2, 0) is 4.79 Å². The van der Waals surface area contributed by atoms with Crippen molar-refractivity contribution in [1.82, 2.24) is 0 Å². The van der Waals surface area contributed by atoms with Gasteiger partial charge in [0.15, 0.2) is 0 Å². The van der Waals surface area contributed by atoms with Crippen LogP contribution < -0.4 is 10.1 Å². The Morgan fingerprint density at radius 1 is 1.24 bits per heavy atom. The number of methoxy groups -OCH3 is 1. The van der Waals surface area contributed by atoms with Crippen molar-refractivity contribution in [2.24, 2.45) is 23.7 Å². The van der Waals surface area contributed by atoms with Crippen LogP contribution in [0.2, 0.25) is 0 Å². The normalized spacial score (nSPS) is 25.7. The molecule has 0 spiro atoms. The van der Waals surface area contributed by atoms with Crippen molar-refractivity contribution in [2.45, 2.75) is 40.0 Å². The number of carbonyl (C=O) groups is 1. The van der Waals surface area contributed by atoms with E-state index in [4.69, 9.17) is 4.74 Å². The van der Waals surface area contributed by atoms with Crippen LogP contribution in [0.25, 0.3) is 0 Å². The van der Waals surface area contributed by atoms with Crippen LogP contribution in [0, 0.1) is 23.7 Å². The van der Waals surface area contributed by atoms with Crippen LogP contribution in [0.3, 0.4) is 0 Å². The second-order valence-corrected chi connectivity index (χ2v) is 6.65. The van der Waals surface area contributed by atoms with Crippen molar-refractivity contribution in [1.29, 1.82) is 0 Å². The highest BCUT2D eigenvalue weighted by Gasteiger charge is 2.35. The predicted octanol–water partition coefficient (Wildman–Crippen LogP) is 4.34. The van der Waals surface area contributed by atoms with E-state index in [1.54, 1.807) is 7.11 Å². The lowest BCUT2D eigenvalue weighted by Gasteiger charge is -2.36. The molecule has 1 aromatic carbocycles. The standard InChI is InChI=1S/C18H27NO2/c1-12(2)16-10-5-13(3)11-17(16)18(20)19-14-6-8-15(21-4)9-7-14/h6-9,12-13,16-17H,5,10-11H2,1-4H3,(H,19,20)/t13?,16-,17?/m0/s1. The van der Waals surface area contributed by atoms with Crippen LogP contribution in [-0.4, -0.2) is 13.0 Å². The summed E-state index contributed by atoms with van der Waals surface area (Å²) in [5.74, 6) is 2.82. The second-order valence-electron chi connectivity index (χ2n) is 6.65. The lowest BCUT2D eigenvalue weighted by Crippen LogP contribution is -2.36. The van der Waals surface area contributed by atoms with E-state index in [1.807, 2.05) is 24.3 Å². The minimum atomic E-state index is 0.135. The Morgan fingerprint density at radius 3 is 2.48 bits per heavy atom. The lowest BCUT2D eigenvalue weighted by atomic mass is 9.70. The van der Waals surface area contributed by atoms with E-state index in [0.29, 0.717) is 17.8 Å².